The van der Waals surface area contributed by atoms with Crippen LogP contribution in [0.4, 0.5) is 17.2 Å². The molecule has 0 aliphatic rings. The second-order valence-corrected chi connectivity index (χ2v) is 5.41. The molecule has 8 heteroatoms. The maximum absolute atomic E-state index is 11.9. The molecule has 1 aromatic carbocycles. The van der Waals surface area contributed by atoms with Crippen LogP contribution in [0.1, 0.15) is 11.1 Å². The summed E-state index contributed by atoms with van der Waals surface area (Å²) in [5.74, 6) is 0.0896. The summed E-state index contributed by atoms with van der Waals surface area (Å²) in [5.41, 5.74) is 1.93. The summed E-state index contributed by atoms with van der Waals surface area (Å²) in [6.45, 7) is 3.48. The summed E-state index contributed by atoms with van der Waals surface area (Å²) in [6.07, 6.45) is 1.16. The Kier molecular flexibility index (Phi) is 5.13. The Hall–Kier alpha value is -2.67. The number of rotatable bonds is 5. The van der Waals surface area contributed by atoms with Gasteiger partial charge in [0, 0.05) is 5.56 Å². The highest BCUT2D eigenvalue weighted by molar-refractivity contribution is 6.33. The summed E-state index contributed by atoms with van der Waals surface area (Å²) in [7, 11) is 0. The predicted molar refractivity (Wildman–Crippen MR) is 88.9 cm³/mol. The van der Waals surface area contributed by atoms with Gasteiger partial charge in [-0.2, -0.15) is 0 Å². The number of aromatic nitrogens is 1. The number of nitrogens with one attached hydrogen (secondary N) is 2. The highest BCUT2D eigenvalue weighted by Crippen LogP contribution is 2.22. The Labute approximate surface area is 137 Å². The molecule has 1 heterocycles. The van der Waals surface area contributed by atoms with E-state index in [-0.39, 0.29) is 18.1 Å². The maximum Gasteiger partial charge on any atom is 0.290 e. The number of pyridine rings is 1. The topological polar surface area (TPSA) is 97.2 Å². The molecule has 23 heavy (non-hydrogen) atoms. The van der Waals surface area contributed by atoms with E-state index in [4.69, 9.17) is 11.6 Å². The van der Waals surface area contributed by atoms with E-state index in [0.29, 0.717) is 22.1 Å². The van der Waals surface area contributed by atoms with E-state index in [1.54, 1.807) is 19.1 Å². The zero-order chi connectivity index (χ0) is 17.0. The maximum atomic E-state index is 11.9. The number of nitrogens with zero attached hydrogens (tertiary/aromatic N) is 2. The Balaban J connectivity index is 1.96. The second kappa shape index (κ2) is 7.06. The standard InChI is InChI=1S/C15H15ClN4O3/c1-9-3-4-12(11(16)5-9)19-15(21)8-18-14-6-10(2)13(7-17-14)20(22)23/h3-7H,8H2,1-2H3,(H,17,18)(H,19,21). The van der Waals surface area contributed by atoms with Crippen LogP contribution < -0.4 is 10.6 Å². The zero-order valence-corrected chi connectivity index (χ0v) is 13.3. The molecule has 120 valence electrons. The Morgan fingerprint density at radius 3 is 2.70 bits per heavy atom. The van der Waals surface area contributed by atoms with Crippen molar-refractivity contribution in [1.82, 2.24) is 4.98 Å². The van der Waals surface area contributed by atoms with Gasteiger partial charge in [0.1, 0.15) is 12.0 Å². The van der Waals surface area contributed by atoms with Crippen LogP contribution >= 0.6 is 11.6 Å². The lowest BCUT2D eigenvalue weighted by molar-refractivity contribution is -0.385. The molecular formula is C15H15ClN4O3. The smallest absolute Gasteiger partial charge is 0.290 e. The molecule has 0 aliphatic carbocycles. The van der Waals surface area contributed by atoms with Gasteiger partial charge in [0.05, 0.1) is 22.2 Å². The first-order valence-electron chi connectivity index (χ1n) is 6.77. The first-order valence-corrected chi connectivity index (χ1v) is 7.15. The minimum absolute atomic E-state index is 0.0333. The van der Waals surface area contributed by atoms with Crippen molar-refractivity contribution >= 4 is 34.7 Å². The minimum atomic E-state index is -0.502. The molecule has 1 aromatic heterocycles. The van der Waals surface area contributed by atoms with Gasteiger partial charge in [-0.1, -0.05) is 17.7 Å². The number of aryl methyl sites for hydroxylation is 2. The Morgan fingerprint density at radius 1 is 1.35 bits per heavy atom. The van der Waals surface area contributed by atoms with Gasteiger partial charge >= 0.3 is 0 Å². The van der Waals surface area contributed by atoms with Crippen molar-refractivity contribution in [3.05, 3.63) is 56.7 Å². The van der Waals surface area contributed by atoms with Crippen LogP contribution in [0.2, 0.25) is 5.02 Å². The van der Waals surface area contributed by atoms with Crippen LogP contribution in [0, 0.1) is 24.0 Å². The van der Waals surface area contributed by atoms with Crippen molar-refractivity contribution < 1.29 is 9.72 Å². The number of carbonyl (C=O) groups excluding carboxylic acids is 1. The van der Waals surface area contributed by atoms with Gasteiger partial charge in [-0.15, -0.1) is 0 Å². The summed E-state index contributed by atoms with van der Waals surface area (Å²) >= 11 is 6.05. The molecule has 0 radical (unpaired) electrons. The highest BCUT2D eigenvalue weighted by atomic mass is 35.5. The Bertz CT molecular complexity index is 764. The van der Waals surface area contributed by atoms with Crippen molar-refractivity contribution in [2.24, 2.45) is 0 Å². The third kappa shape index (κ3) is 4.40. The van der Waals surface area contributed by atoms with Gasteiger partial charge in [0.25, 0.3) is 5.69 Å². The lowest BCUT2D eigenvalue weighted by Gasteiger charge is -2.09. The number of hydrogen-bond donors (Lipinski definition) is 2. The molecule has 0 bridgehead atoms. The third-order valence-electron chi connectivity index (χ3n) is 3.11. The van der Waals surface area contributed by atoms with Crippen molar-refractivity contribution in [1.29, 1.82) is 0 Å². The van der Waals surface area contributed by atoms with Gasteiger partial charge in [0.15, 0.2) is 0 Å². The monoisotopic (exact) mass is 334 g/mol. The van der Waals surface area contributed by atoms with Gasteiger partial charge in [-0.3, -0.25) is 14.9 Å². The van der Waals surface area contributed by atoms with E-state index in [9.17, 15) is 14.9 Å². The highest BCUT2D eigenvalue weighted by Gasteiger charge is 2.12. The summed E-state index contributed by atoms with van der Waals surface area (Å²) < 4.78 is 0. The number of anilines is 2. The number of benzene rings is 1. The quantitative estimate of drug-likeness (QED) is 0.645. The van der Waals surface area contributed by atoms with Gasteiger partial charge in [-0.25, -0.2) is 4.98 Å². The molecule has 0 atom stereocenters. The molecule has 0 unspecified atom stereocenters. The van der Waals surface area contributed by atoms with E-state index < -0.39 is 4.92 Å². The number of hydrogen-bond acceptors (Lipinski definition) is 5. The number of halogens is 1. The van der Waals surface area contributed by atoms with E-state index >= 15 is 0 Å². The molecule has 2 N–H and O–H groups in total. The van der Waals surface area contributed by atoms with Crippen molar-refractivity contribution in [3.8, 4) is 0 Å². The van der Waals surface area contributed by atoms with E-state index in [2.05, 4.69) is 15.6 Å². The van der Waals surface area contributed by atoms with Gasteiger partial charge < -0.3 is 10.6 Å². The lowest BCUT2D eigenvalue weighted by atomic mass is 10.2. The first-order chi connectivity index (χ1) is 10.9. The molecule has 7 nitrogen and oxygen atoms in total. The number of amides is 1. The molecule has 1 amide bonds. The van der Waals surface area contributed by atoms with E-state index in [0.717, 1.165) is 11.8 Å². The molecule has 0 fully saturated rings. The fraction of sp³-hybridized carbons (Fsp3) is 0.200. The fourth-order valence-corrected chi connectivity index (χ4v) is 2.21. The van der Waals surface area contributed by atoms with Crippen LogP contribution in [0.5, 0.6) is 0 Å². The number of nitro groups is 1. The average Bonchev–Trinajstić information content (AvgIpc) is 2.48. The molecule has 2 aromatic rings. The summed E-state index contributed by atoms with van der Waals surface area (Å²) in [5, 5.41) is 16.7. The first kappa shape index (κ1) is 16.7. The average molecular weight is 335 g/mol. The van der Waals surface area contributed by atoms with E-state index in [1.807, 2.05) is 13.0 Å². The fourth-order valence-electron chi connectivity index (χ4n) is 1.92. The van der Waals surface area contributed by atoms with Crippen molar-refractivity contribution in [3.63, 3.8) is 0 Å². The zero-order valence-electron chi connectivity index (χ0n) is 12.6. The second-order valence-electron chi connectivity index (χ2n) is 5.00. The van der Waals surface area contributed by atoms with Crippen LogP contribution in [0.3, 0.4) is 0 Å². The molecule has 0 aliphatic heterocycles. The van der Waals surface area contributed by atoms with Crippen LogP contribution in [-0.2, 0) is 4.79 Å². The van der Waals surface area contributed by atoms with E-state index in [1.165, 1.54) is 6.07 Å². The molecule has 0 saturated heterocycles. The van der Waals surface area contributed by atoms with Crippen molar-refractivity contribution in [2.45, 2.75) is 13.8 Å². The van der Waals surface area contributed by atoms with Gasteiger partial charge in [-0.05, 0) is 37.6 Å². The van der Waals surface area contributed by atoms with Crippen molar-refractivity contribution in [2.75, 3.05) is 17.2 Å². The summed E-state index contributed by atoms with van der Waals surface area (Å²) in [4.78, 5) is 26.0. The van der Waals surface area contributed by atoms with Crippen LogP contribution in [0.15, 0.2) is 30.5 Å². The normalized spacial score (nSPS) is 10.2. The van der Waals surface area contributed by atoms with Gasteiger partial charge in [0.2, 0.25) is 5.91 Å². The minimum Gasteiger partial charge on any atom is -0.361 e. The Morgan fingerprint density at radius 2 is 2.09 bits per heavy atom. The molecule has 0 spiro atoms. The number of carbonyl (C=O) groups is 1. The molecule has 2 rings (SSSR count). The SMILES string of the molecule is Cc1ccc(NC(=O)CNc2cc(C)c([N+](=O)[O-])cn2)c(Cl)c1. The molecular weight excluding hydrogens is 320 g/mol. The lowest BCUT2D eigenvalue weighted by Crippen LogP contribution is -2.22. The largest absolute Gasteiger partial charge is 0.361 e. The van der Waals surface area contributed by atoms with Crippen LogP contribution in [-0.4, -0.2) is 22.4 Å². The predicted octanol–water partition coefficient (Wildman–Crippen LogP) is 3.31. The summed E-state index contributed by atoms with van der Waals surface area (Å²) in [6, 6.07) is 6.84. The molecule has 0 saturated carbocycles. The van der Waals surface area contributed by atoms with Crippen LogP contribution in [0.25, 0.3) is 0 Å². The third-order valence-corrected chi connectivity index (χ3v) is 3.42.